The van der Waals surface area contributed by atoms with Gasteiger partial charge in [-0.25, -0.2) is 0 Å². The number of pyridine rings is 1. The number of nitrogens with zero attached hydrogens (tertiary/aromatic N) is 1. The van der Waals surface area contributed by atoms with Crippen molar-refractivity contribution in [1.29, 1.82) is 0 Å². The molecule has 2 rings (SSSR count). The molecule has 0 aliphatic carbocycles. The maximum Gasteiger partial charge on any atom is 0.215 e. The molecule has 2 aromatic rings. The van der Waals surface area contributed by atoms with Crippen LogP contribution in [0, 0.1) is 6.92 Å². The van der Waals surface area contributed by atoms with E-state index in [9.17, 15) is 0 Å². The van der Waals surface area contributed by atoms with Gasteiger partial charge in [-0.1, -0.05) is 17.7 Å². The predicted octanol–water partition coefficient (Wildman–Crippen LogP) is 2.72. The third-order valence-corrected chi connectivity index (χ3v) is 2.42. The number of nitrogens with two attached hydrogens (primary N) is 1. The summed E-state index contributed by atoms with van der Waals surface area (Å²) in [5, 5.41) is 3.16. The Bertz CT molecular complexity index is 509. The Balaban J connectivity index is 2.25. The van der Waals surface area contributed by atoms with Gasteiger partial charge in [-0.05, 0) is 25.1 Å². The lowest BCUT2D eigenvalue weighted by molar-refractivity contribution is 0.398. The Hall–Kier alpha value is -2.23. The summed E-state index contributed by atoms with van der Waals surface area (Å²) in [6.07, 6.45) is 0. The summed E-state index contributed by atoms with van der Waals surface area (Å²) in [6.45, 7) is 2.04. The molecule has 0 amide bonds. The molecule has 4 heteroatoms. The summed E-state index contributed by atoms with van der Waals surface area (Å²) in [5.74, 6) is 1.14. The Morgan fingerprint density at radius 1 is 1.12 bits per heavy atom. The minimum atomic E-state index is 0.536. The van der Waals surface area contributed by atoms with Crippen molar-refractivity contribution >= 4 is 17.2 Å². The minimum absolute atomic E-state index is 0.536. The van der Waals surface area contributed by atoms with Crippen molar-refractivity contribution < 1.29 is 4.74 Å². The molecule has 3 N–H and O–H groups in total. The summed E-state index contributed by atoms with van der Waals surface area (Å²) in [5.41, 5.74) is 8.59. The Morgan fingerprint density at radius 3 is 2.47 bits per heavy atom. The standard InChI is InChI=1S/C13H15N3O/c1-9-3-5-10(6-4-9)15-13-11(14)7-8-12(16-13)17-2/h3-8H,14H2,1-2H3,(H,15,16). The Labute approximate surface area is 100 Å². The number of aromatic nitrogens is 1. The van der Waals surface area contributed by atoms with Gasteiger partial charge < -0.3 is 15.8 Å². The first-order valence-electron chi connectivity index (χ1n) is 5.33. The van der Waals surface area contributed by atoms with Crippen LogP contribution in [0.5, 0.6) is 5.88 Å². The molecule has 1 aromatic carbocycles. The lowest BCUT2D eigenvalue weighted by atomic mass is 10.2. The van der Waals surface area contributed by atoms with Gasteiger partial charge in [0.2, 0.25) is 5.88 Å². The summed E-state index contributed by atoms with van der Waals surface area (Å²) in [7, 11) is 1.58. The van der Waals surface area contributed by atoms with Crippen LogP contribution >= 0.6 is 0 Å². The van der Waals surface area contributed by atoms with Crippen LogP contribution in [-0.4, -0.2) is 12.1 Å². The summed E-state index contributed by atoms with van der Waals surface area (Å²) >= 11 is 0. The highest BCUT2D eigenvalue weighted by Crippen LogP contribution is 2.23. The maximum absolute atomic E-state index is 5.84. The highest BCUT2D eigenvalue weighted by Gasteiger charge is 2.03. The van der Waals surface area contributed by atoms with Gasteiger partial charge in [0.1, 0.15) is 0 Å². The van der Waals surface area contributed by atoms with Crippen LogP contribution in [0.4, 0.5) is 17.2 Å². The van der Waals surface area contributed by atoms with E-state index in [1.54, 1.807) is 19.2 Å². The van der Waals surface area contributed by atoms with E-state index in [-0.39, 0.29) is 0 Å². The number of anilines is 3. The highest BCUT2D eigenvalue weighted by atomic mass is 16.5. The molecule has 1 heterocycles. The van der Waals surface area contributed by atoms with Gasteiger partial charge in [-0.3, -0.25) is 0 Å². The largest absolute Gasteiger partial charge is 0.481 e. The van der Waals surface area contributed by atoms with Crippen molar-refractivity contribution in [3.8, 4) is 5.88 Å². The van der Waals surface area contributed by atoms with Crippen LogP contribution in [0.3, 0.4) is 0 Å². The van der Waals surface area contributed by atoms with E-state index in [0.29, 0.717) is 17.4 Å². The highest BCUT2D eigenvalue weighted by molar-refractivity contribution is 5.69. The molecule has 0 aliphatic heterocycles. The van der Waals surface area contributed by atoms with E-state index in [1.165, 1.54) is 5.56 Å². The second kappa shape index (κ2) is 4.74. The van der Waals surface area contributed by atoms with Crippen LogP contribution in [0.25, 0.3) is 0 Å². The van der Waals surface area contributed by atoms with Gasteiger partial charge in [0.15, 0.2) is 5.82 Å². The predicted molar refractivity (Wildman–Crippen MR) is 69.7 cm³/mol. The normalized spacial score (nSPS) is 10.0. The van der Waals surface area contributed by atoms with Crippen molar-refractivity contribution in [2.75, 3.05) is 18.2 Å². The van der Waals surface area contributed by atoms with Crippen LogP contribution in [0.1, 0.15) is 5.56 Å². The van der Waals surface area contributed by atoms with Crippen LogP contribution < -0.4 is 15.8 Å². The molecule has 0 saturated heterocycles. The summed E-state index contributed by atoms with van der Waals surface area (Å²) in [4.78, 5) is 4.25. The van der Waals surface area contributed by atoms with Gasteiger partial charge in [0, 0.05) is 11.8 Å². The lowest BCUT2D eigenvalue weighted by Gasteiger charge is -2.09. The van der Waals surface area contributed by atoms with Gasteiger partial charge >= 0.3 is 0 Å². The number of rotatable bonds is 3. The van der Waals surface area contributed by atoms with E-state index >= 15 is 0 Å². The van der Waals surface area contributed by atoms with Crippen molar-refractivity contribution in [2.24, 2.45) is 0 Å². The first-order chi connectivity index (χ1) is 8.19. The second-order valence-corrected chi connectivity index (χ2v) is 3.78. The molecular formula is C13H15N3O. The van der Waals surface area contributed by atoms with Crippen molar-refractivity contribution in [2.45, 2.75) is 6.92 Å². The minimum Gasteiger partial charge on any atom is -0.481 e. The van der Waals surface area contributed by atoms with Crippen LogP contribution in [-0.2, 0) is 0 Å². The molecule has 4 nitrogen and oxygen atoms in total. The Kier molecular flexibility index (Phi) is 3.14. The monoisotopic (exact) mass is 229 g/mol. The van der Waals surface area contributed by atoms with Crippen molar-refractivity contribution in [3.63, 3.8) is 0 Å². The van der Waals surface area contributed by atoms with E-state index in [4.69, 9.17) is 10.5 Å². The van der Waals surface area contributed by atoms with E-state index in [1.807, 2.05) is 31.2 Å². The van der Waals surface area contributed by atoms with Crippen molar-refractivity contribution in [1.82, 2.24) is 4.98 Å². The molecule has 0 saturated carbocycles. The topological polar surface area (TPSA) is 60.2 Å². The third kappa shape index (κ3) is 2.66. The zero-order valence-corrected chi connectivity index (χ0v) is 9.90. The van der Waals surface area contributed by atoms with E-state index in [0.717, 1.165) is 5.69 Å². The molecule has 17 heavy (non-hydrogen) atoms. The van der Waals surface area contributed by atoms with Crippen LogP contribution in [0.2, 0.25) is 0 Å². The van der Waals surface area contributed by atoms with Crippen LogP contribution in [0.15, 0.2) is 36.4 Å². The summed E-state index contributed by atoms with van der Waals surface area (Å²) in [6, 6.07) is 11.5. The van der Waals surface area contributed by atoms with E-state index in [2.05, 4.69) is 10.3 Å². The van der Waals surface area contributed by atoms with Gasteiger partial charge in [0.05, 0.1) is 12.8 Å². The fraction of sp³-hybridized carbons (Fsp3) is 0.154. The number of methoxy groups -OCH3 is 1. The van der Waals surface area contributed by atoms with Gasteiger partial charge in [-0.15, -0.1) is 0 Å². The molecule has 0 aliphatic rings. The molecule has 0 radical (unpaired) electrons. The molecule has 88 valence electrons. The third-order valence-electron chi connectivity index (χ3n) is 2.42. The maximum atomic E-state index is 5.84. The smallest absolute Gasteiger partial charge is 0.215 e. The molecular weight excluding hydrogens is 214 g/mol. The number of hydrogen-bond acceptors (Lipinski definition) is 4. The van der Waals surface area contributed by atoms with Gasteiger partial charge in [-0.2, -0.15) is 4.98 Å². The summed E-state index contributed by atoms with van der Waals surface area (Å²) < 4.78 is 5.06. The van der Waals surface area contributed by atoms with Crippen molar-refractivity contribution in [3.05, 3.63) is 42.0 Å². The Morgan fingerprint density at radius 2 is 1.82 bits per heavy atom. The average molecular weight is 229 g/mol. The first kappa shape index (κ1) is 11.3. The number of aryl methyl sites for hydroxylation is 1. The molecule has 0 atom stereocenters. The zero-order chi connectivity index (χ0) is 12.3. The van der Waals surface area contributed by atoms with Gasteiger partial charge in [0.25, 0.3) is 0 Å². The number of hydrogen-bond donors (Lipinski definition) is 2. The molecule has 0 bridgehead atoms. The van der Waals surface area contributed by atoms with E-state index < -0.39 is 0 Å². The number of ether oxygens (including phenoxy) is 1. The lowest BCUT2D eigenvalue weighted by Crippen LogP contribution is -2.00. The number of benzene rings is 1. The average Bonchev–Trinajstić information content (AvgIpc) is 2.35. The fourth-order valence-electron chi connectivity index (χ4n) is 1.44. The second-order valence-electron chi connectivity index (χ2n) is 3.78. The molecule has 0 unspecified atom stereocenters. The number of nitrogen functional groups attached to an aromatic ring is 1. The SMILES string of the molecule is COc1ccc(N)c(Nc2ccc(C)cc2)n1. The quantitative estimate of drug-likeness (QED) is 0.849. The molecule has 0 spiro atoms. The number of nitrogens with one attached hydrogen (secondary N) is 1. The fourth-order valence-corrected chi connectivity index (χ4v) is 1.44. The first-order valence-corrected chi connectivity index (χ1v) is 5.33. The molecule has 1 aromatic heterocycles. The zero-order valence-electron chi connectivity index (χ0n) is 9.90. The molecule has 0 fully saturated rings.